The highest BCUT2D eigenvalue weighted by Gasteiger charge is 2.30. The van der Waals surface area contributed by atoms with Gasteiger partial charge in [0.25, 0.3) is 0 Å². The van der Waals surface area contributed by atoms with Crippen LogP contribution in [0.5, 0.6) is 0 Å². The van der Waals surface area contributed by atoms with Gasteiger partial charge in [0.1, 0.15) is 5.82 Å². The molecule has 22 heavy (non-hydrogen) atoms. The third kappa shape index (κ3) is 4.44. The predicted molar refractivity (Wildman–Crippen MR) is 84.0 cm³/mol. The number of carbonyl (C=O) groups excluding carboxylic acids is 1. The second-order valence-corrected chi connectivity index (χ2v) is 6.28. The van der Waals surface area contributed by atoms with E-state index >= 15 is 0 Å². The molecule has 122 valence electrons. The largest absolute Gasteiger partial charge is 0.373 e. The maximum absolute atomic E-state index is 13.0. The normalized spacial score (nSPS) is 22.6. The summed E-state index contributed by atoms with van der Waals surface area (Å²) in [4.78, 5) is 11.9. The molecule has 1 aromatic rings. The average molecular weight is 308 g/mol. The molecule has 0 bridgehead atoms. The van der Waals surface area contributed by atoms with Crippen molar-refractivity contribution >= 4 is 6.03 Å². The van der Waals surface area contributed by atoms with Crippen molar-refractivity contribution in [2.75, 3.05) is 13.2 Å². The average Bonchev–Trinajstić information content (AvgIpc) is 2.94. The van der Waals surface area contributed by atoms with Crippen molar-refractivity contribution in [2.24, 2.45) is 11.8 Å². The zero-order valence-electron chi connectivity index (χ0n) is 13.4. The van der Waals surface area contributed by atoms with Gasteiger partial charge in [-0.1, -0.05) is 26.0 Å². The van der Waals surface area contributed by atoms with E-state index in [0.717, 1.165) is 12.0 Å². The monoisotopic (exact) mass is 308 g/mol. The molecule has 0 aliphatic carbocycles. The molecule has 1 heterocycles. The van der Waals surface area contributed by atoms with Crippen LogP contribution in [0.1, 0.15) is 38.9 Å². The molecular weight excluding hydrogens is 283 g/mol. The summed E-state index contributed by atoms with van der Waals surface area (Å²) >= 11 is 0. The lowest BCUT2D eigenvalue weighted by Crippen LogP contribution is -2.44. The number of urea groups is 1. The number of benzene rings is 1. The van der Waals surface area contributed by atoms with Gasteiger partial charge in [0.2, 0.25) is 0 Å². The van der Waals surface area contributed by atoms with Crippen molar-refractivity contribution < 1.29 is 13.9 Å². The van der Waals surface area contributed by atoms with Crippen molar-refractivity contribution in [2.45, 2.75) is 39.3 Å². The first-order valence-corrected chi connectivity index (χ1v) is 7.88. The molecule has 2 amide bonds. The molecule has 0 radical (unpaired) electrons. The molecule has 1 fully saturated rings. The maximum Gasteiger partial charge on any atom is 0.315 e. The minimum Gasteiger partial charge on any atom is -0.373 e. The molecule has 0 spiro atoms. The highest BCUT2D eigenvalue weighted by Crippen LogP contribution is 2.34. The fourth-order valence-corrected chi connectivity index (χ4v) is 2.51. The third-order valence-electron chi connectivity index (χ3n) is 4.30. The van der Waals surface area contributed by atoms with E-state index < -0.39 is 0 Å². The number of hydrogen-bond acceptors (Lipinski definition) is 2. The van der Waals surface area contributed by atoms with Crippen LogP contribution in [0.15, 0.2) is 24.3 Å². The van der Waals surface area contributed by atoms with Gasteiger partial charge in [-0.05, 0) is 37.0 Å². The summed E-state index contributed by atoms with van der Waals surface area (Å²) in [7, 11) is 0. The standard InChI is InChI=1S/C17H25FN2O2/c1-11(2)12(3)20-17(21)19-10-14-8-9-22-16(14)13-4-6-15(18)7-5-13/h4-7,11-12,14,16H,8-10H2,1-3H3,(H2,19,20,21)/t12?,14-,16-/m0/s1. The highest BCUT2D eigenvalue weighted by molar-refractivity contribution is 5.74. The Hall–Kier alpha value is -1.62. The van der Waals surface area contributed by atoms with E-state index in [2.05, 4.69) is 24.5 Å². The van der Waals surface area contributed by atoms with E-state index in [-0.39, 0.29) is 29.9 Å². The zero-order valence-corrected chi connectivity index (χ0v) is 13.4. The van der Waals surface area contributed by atoms with Gasteiger partial charge in [-0.3, -0.25) is 0 Å². The van der Waals surface area contributed by atoms with Gasteiger partial charge in [-0.2, -0.15) is 0 Å². The van der Waals surface area contributed by atoms with Crippen molar-refractivity contribution in [1.82, 2.24) is 10.6 Å². The van der Waals surface area contributed by atoms with E-state index in [4.69, 9.17) is 4.74 Å². The minimum absolute atomic E-state index is 0.0802. The summed E-state index contributed by atoms with van der Waals surface area (Å²) in [6.45, 7) is 7.35. The molecule has 1 aliphatic rings. The van der Waals surface area contributed by atoms with E-state index in [0.29, 0.717) is 19.1 Å². The quantitative estimate of drug-likeness (QED) is 0.877. The van der Waals surface area contributed by atoms with Crippen molar-refractivity contribution in [3.05, 3.63) is 35.6 Å². The van der Waals surface area contributed by atoms with Gasteiger partial charge >= 0.3 is 6.03 Å². The van der Waals surface area contributed by atoms with Crippen LogP contribution in [0.3, 0.4) is 0 Å². The topological polar surface area (TPSA) is 50.4 Å². The summed E-state index contributed by atoms with van der Waals surface area (Å²) in [5, 5.41) is 5.84. The first-order chi connectivity index (χ1) is 10.5. The second kappa shape index (κ2) is 7.58. The van der Waals surface area contributed by atoms with Gasteiger partial charge in [0, 0.05) is 25.1 Å². The molecule has 0 aromatic heterocycles. The van der Waals surface area contributed by atoms with Crippen molar-refractivity contribution in [1.29, 1.82) is 0 Å². The lowest BCUT2D eigenvalue weighted by atomic mass is 9.95. The molecule has 5 heteroatoms. The van der Waals surface area contributed by atoms with E-state index in [1.54, 1.807) is 12.1 Å². The molecule has 1 saturated heterocycles. The van der Waals surface area contributed by atoms with Crippen molar-refractivity contribution in [3.8, 4) is 0 Å². The van der Waals surface area contributed by atoms with Gasteiger partial charge in [0.05, 0.1) is 6.10 Å². The second-order valence-electron chi connectivity index (χ2n) is 6.28. The van der Waals surface area contributed by atoms with Gasteiger partial charge in [0.15, 0.2) is 0 Å². The van der Waals surface area contributed by atoms with Crippen LogP contribution in [0, 0.1) is 17.7 Å². The van der Waals surface area contributed by atoms with Crippen LogP contribution in [0.4, 0.5) is 9.18 Å². The van der Waals surface area contributed by atoms with Crippen LogP contribution in [0.2, 0.25) is 0 Å². The van der Waals surface area contributed by atoms with Crippen molar-refractivity contribution in [3.63, 3.8) is 0 Å². The fraction of sp³-hybridized carbons (Fsp3) is 0.588. The van der Waals surface area contributed by atoms with Gasteiger partial charge in [-0.25, -0.2) is 9.18 Å². The Labute approximate surface area is 131 Å². The van der Waals surface area contributed by atoms with Crippen LogP contribution < -0.4 is 10.6 Å². The third-order valence-corrected chi connectivity index (χ3v) is 4.30. The van der Waals surface area contributed by atoms with Gasteiger partial charge < -0.3 is 15.4 Å². The van der Waals surface area contributed by atoms with Crippen LogP contribution in [-0.2, 0) is 4.74 Å². The zero-order chi connectivity index (χ0) is 16.1. The summed E-state index contributed by atoms with van der Waals surface area (Å²) in [5.41, 5.74) is 0.960. The van der Waals surface area contributed by atoms with Crippen LogP contribution in [0.25, 0.3) is 0 Å². The molecule has 0 saturated carbocycles. The first kappa shape index (κ1) is 16.7. The Morgan fingerprint density at radius 2 is 2.00 bits per heavy atom. The molecule has 1 aliphatic heterocycles. The number of hydrogen-bond donors (Lipinski definition) is 2. The molecule has 1 unspecified atom stereocenters. The first-order valence-electron chi connectivity index (χ1n) is 7.88. The number of ether oxygens (including phenoxy) is 1. The molecule has 1 aromatic carbocycles. The Kier molecular flexibility index (Phi) is 5.77. The Morgan fingerprint density at radius 1 is 1.32 bits per heavy atom. The van der Waals surface area contributed by atoms with Gasteiger partial charge in [-0.15, -0.1) is 0 Å². The van der Waals surface area contributed by atoms with Crippen LogP contribution in [-0.4, -0.2) is 25.2 Å². The van der Waals surface area contributed by atoms with E-state index in [1.165, 1.54) is 12.1 Å². The molecular formula is C17H25FN2O2. The van der Waals surface area contributed by atoms with E-state index in [9.17, 15) is 9.18 Å². The minimum atomic E-state index is -0.251. The summed E-state index contributed by atoms with van der Waals surface area (Å²) < 4.78 is 18.8. The lowest BCUT2D eigenvalue weighted by Gasteiger charge is -2.21. The Balaban J connectivity index is 1.86. The SMILES string of the molecule is CC(C)C(C)NC(=O)NC[C@@H]1CCO[C@H]1c1ccc(F)cc1. The number of rotatable bonds is 5. The number of amides is 2. The molecule has 4 nitrogen and oxygen atoms in total. The maximum atomic E-state index is 13.0. The van der Waals surface area contributed by atoms with E-state index in [1.807, 2.05) is 6.92 Å². The lowest BCUT2D eigenvalue weighted by molar-refractivity contribution is 0.0909. The smallest absolute Gasteiger partial charge is 0.315 e. The summed E-state index contributed by atoms with van der Waals surface area (Å²) in [6.07, 6.45) is 0.811. The Bertz CT molecular complexity index is 490. The molecule has 2 N–H and O–H groups in total. The Morgan fingerprint density at radius 3 is 2.64 bits per heavy atom. The fourth-order valence-electron chi connectivity index (χ4n) is 2.51. The molecule has 3 atom stereocenters. The summed E-state index contributed by atoms with van der Waals surface area (Å²) in [6, 6.07) is 6.37. The van der Waals surface area contributed by atoms with Crippen LogP contribution >= 0.6 is 0 Å². The number of halogens is 1. The molecule has 2 rings (SSSR count). The predicted octanol–water partition coefficient (Wildman–Crippen LogP) is 3.25. The summed E-state index contributed by atoms with van der Waals surface area (Å²) in [5.74, 6) is 0.358. The number of nitrogens with one attached hydrogen (secondary N) is 2. The highest BCUT2D eigenvalue weighted by atomic mass is 19.1. The number of carbonyl (C=O) groups is 1.